The summed E-state index contributed by atoms with van der Waals surface area (Å²) in [4.78, 5) is 0. The molecule has 0 nitrogen and oxygen atoms in total. The Hall–Kier alpha value is -1.22. The lowest BCUT2D eigenvalue weighted by molar-refractivity contribution is 0.590. The Labute approximate surface area is 93.7 Å². The summed E-state index contributed by atoms with van der Waals surface area (Å²) in [7, 11) is 0. The lowest BCUT2D eigenvalue weighted by atomic mass is 9.86. The molecular formula is C15H20. The molecule has 0 saturated carbocycles. The lowest BCUT2D eigenvalue weighted by Gasteiger charge is -2.18. The van der Waals surface area contributed by atoms with Crippen LogP contribution in [0.25, 0.3) is 0 Å². The summed E-state index contributed by atoms with van der Waals surface area (Å²) in [6.45, 7) is 8.84. The molecule has 0 spiro atoms. The van der Waals surface area contributed by atoms with E-state index in [9.17, 15) is 0 Å². The Balaban J connectivity index is 2.90. The monoisotopic (exact) mass is 200 g/mol. The summed E-state index contributed by atoms with van der Waals surface area (Å²) >= 11 is 0. The molecule has 0 atom stereocenters. The summed E-state index contributed by atoms with van der Waals surface area (Å²) in [5, 5.41) is 0. The Bertz CT molecular complexity index is 369. The standard InChI is InChI=1S/C15H20/c1-5-6-7-9-13-10-8-11-14(12-13)15(2,3)4/h8,10-12H,5-6H2,1-4H3. The minimum Gasteiger partial charge on any atom is -0.0979 e. The molecule has 0 radical (unpaired) electrons. The van der Waals surface area contributed by atoms with Gasteiger partial charge in [-0.2, -0.15) is 0 Å². The van der Waals surface area contributed by atoms with E-state index in [1.54, 1.807) is 0 Å². The Morgan fingerprint density at radius 2 is 1.93 bits per heavy atom. The molecule has 0 aliphatic heterocycles. The van der Waals surface area contributed by atoms with E-state index in [0.717, 1.165) is 18.4 Å². The SMILES string of the molecule is CCCC#Cc1cccc(C(C)(C)C)c1. The van der Waals surface area contributed by atoms with Crippen LogP contribution in [0.4, 0.5) is 0 Å². The molecule has 0 saturated heterocycles. The minimum absolute atomic E-state index is 0.211. The first kappa shape index (κ1) is 11.9. The van der Waals surface area contributed by atoms with Gasteiger partial charge in [0.1, 0.15) is 0 Å². The van der Waals surface area contributed by atoms with Crippen molar-refractivity contribution in [2.75, 3.05) is 0 Å². The Morgan fingerprint density at radius 3 is 2.53 bits per heavy atom. The van der Waals surface area contributed by atoms with Crippen molar-refractivity contribution < 1.29 is 0 Å². The summed E-state index contributed by atoms with van der Waals surface area (Å²) in [6.07, 6.45) is 2.12. The highest BCUT2D eigenvalue weighted by Gasteiger charge is 2.12. The third-order valence-corrected chi connectivity index (χ3v) is 2.34. The molecule has 0 unspecified atom stereocenters. The highest BCUT2D eigenvalue weighted by atomic mass is 14.2. The lowest BCUT2D eigenvalue weighted by Crippen LogP contribution is -2.10. The van der Waals surface area contributed by atoms with Crippen molar-refractivity contribution in [1.82, 2.24) is 0 Å². The molecule has 1 aromatic rings. The van der Waals surface area contributed by atoms with Crippen molar-refractivity contribution in [1.29, 1.82) is 0 Å². The fraction of sp³-hybridized carbons (Fsp3) is 0.467. The van der Waals surface area contributed by atoms with E-state index in [0.29, 0.717) is 0 Å². The average molecular weight is 200 g/mol. The van der Waals surface area contributed by atoms with Gasteiger partial charge in [0.05, 0.1) is 0 Å². The van der Waals surface area contributed by atoms with Gasteiger partial charge in [-0.25, -0.2) is 0 Å². The predicted octanol–water partition coefficient (Wildman–Crippen LogP) is 4.14. The molecule has 0 aromatic heterocycles. The van der Waals surface area contributed by atoms with Crippen LogP contribution in [-0.4, -0.2) is 0 Å². The van der Waals surface area contributed by atoms with Crippen LogP contribution in [0.3, 0.4) is 0 Å². The predicted molar refractivity (Wildman–Crippen MR) is 66.9 cm³/mol. The summed E-state index contributed by atoms with van der Waals surface area (Å²) < 4.78 is 0. The third kappa shape index (κ3) is 3.80. The van der Waals surface area contributed by atoms with Gasteiger partial charge in [0, 0.05) is 12.0 Å². The second-order valence-electron chi connectivity index (χ2n) is 4.88. The van der Waals surface area contributed by atoms with Gasteiger partial charge in [-0.1, -0.05) is 51.7 Å². The molecule has 1 aromatic carbocycles. The van der Waals surface area contributed by atoms with Crippen LogP contribution in [0, 0.1) is 11.8 Å². The van der Waals surface area contributed by atoms with Gasteiger partial charge < -0.3 is 0 Å². The van der Waals surface area contributed by atoms with Crippen LogP contribution in [0.5, 0.6) is 0 Å². The summed E-state index contributed by atoms with van der Waals surface area (Å²) in [5.41, 5.74) is 2.70. The summed E-state index contributed by atoms with van der Waals surface area (Å²) in [5.74, 6) is 6.39. The normalized spacial score (nSPS) is 10.7. The van der Waals surface area contributed by atoms with Crippen LogP contribution >= 0.6 is 0 Å². The van der Waals surface area contributed by atoms with Gasteiger partial charge in [-0.05, 0) is 29.5 Å². The third-order valence-electron chi connectivity index (χ3n) is 2.34. The molecule has 0 aliphatic carbocycles. The molecule has 0 fully saturated rings. The van der Waals surface area contributed by atoms with E-state index in [1.807, 2.05) is 0 Å². The zero-order valence-corrected chi connectivity index (χ0v) is 10.2. The number of unbranched alkanes of at least 4 members (excludes halogenated alkanes) is 1. The number of rotatable bonds is 1. The second-order valence-corrected chi connectivity index (χ2v) is 4.88. The highest BCUT2D eigenvalue weighted by Crippen LogP contribution is 2.22. The first-order chi connectivity index (χ1) is 7.04. The van der Waals surface area contributed by atoms with Crippen molar-refractivity contribution in [3.63, 3.8) is 0 Å². The van der Waals surface area contributed by atoms with Crippen molar-refractivity contribution in [3.05, 3.63) is 35.4 Å². The van der Waals surface area contributed by atoms with Crippen molar-refractivity contribution in [3.8, 4) is 11.8 Å². The number of hydrogen-bond donors (Lipinski definition) is 0. The smallest absolute Gasteiger partial charge is 0.0248 e. The first-order valence-corrected chi connectivity index (χ1v) is 5.63. The molecule has 0 heteroatoms. The number of benzene rings is 1. The van der Waals surface area contributed by atoms with Gasteiger partial charge in [0.25, 0.3) is 0 Å². The fourth-order valence-electron chi connectivity index (χ4n) is 1.35. The van der Waals surface area contributed by atoms with Crippen LogP contribution in [0.1, 0.15) is 51.7 Å². The zero-order chi connectivity index (χ0) is 11.3. The molecule has 1 rings (SSSR count). The molecule has 15 heavy (non-hydrogen) atoms. The highest BCUT2D eigenvalue weighted by molar-refractivity contribution is 5.39. The first-order valence-electron chi connectivity index (χ1n) is 5.63. The van der Waals surface area contributed by atoms with Crippen LogP contribution in [-0.2, 0) is 5.41 Å². The van der Waals surface area contributed by atoms with Gasteiger partial charge in [0.15, 0.2) is 0 Å². The van der Waals surface area contributed by atoms with Gasteiger partial charge in [-0.15, -0.1) is 0 Å². The minimum atomic E-state index is 0.211. The van der Waals surface area contributed by atoms with Crippen LogP contribution in [0.15, 0.2) is 24.3 Å². The molecule has 0 aliphatic rings. The molecular weight excluding hydrogens is 180 g/mol. The van der Waals surface area contributed by atoms with Gasteiger partial charge >= 0.3 is 0 Å². The average Bonchev–Trinajstić information content (AvgIpc) is 2.17. The maximum atomic E-state index is 3.21. The van der Waals surface area contributed by atoms with E-state index < -0.39 is 0 Å². The molecule has 0 amide bonds. The number of hydrogen-bond acceptors (Lipinski definition) is 0. The molecule has 80 valence electrons. The Kier molecular flexibility index (Phi) is 3.97. The van der Waals surface area contributed by atoms with Gasteiger partial charge in [0.2, 0.25) is 0 Å². The molecule has 0 bridgehead atoms. The largest absolute Gasteiger partial charge is 0.0979 e. The van der Waals surface area contributed by atoms with E-state index >= 15 is 0 Å². The molecule has 0 heterocycles. The van der Waals surface area contributed by atoms with Gasteiger partial charge in [-0.3, -0.25) is 0 Å². The van der Waals surface area contributed by atoms with Crippen LogP contribution < -0.4 is 0 Å². The maximum absolute atomic E-state index is 3.21. The quantitative estimate of drug-likeness (QED) is 0.598. The van der Waals surface area contributed by atoms with E-state index in [-0.39, 0.29) is 5.41 Å². The molecule has 0 N–H and O–H groups in total. The van der Waals surface area contributed by atoms with E-state index in [2.05, 4.69) is 63.8 Å². The van der Waals surface area contributed by atoms with Crippen molar-refractivity contribution in [2.45, 2.75) is 46.0 Å². The Morgan fingerprint density at radius 1 is 1.20 bits per heavy atom. The topological polar surface area (TPSA) is 0 Å². The zero-order valence-electron chi connectivity index (χ0n) is 10.2. The fourth-order valence-corrected chi connectivity index (χ4v) is 1.35. The van der Waals surface area contributed by atoms with Crippen LogP contribution in [0.2, 0.25) is 0 Å². The van der Waals surface area contributed by atoms with E-state index in [1.165, 1.54) is 5.56 Å². The van der Waals surface area contributed by atoms with Crippen molar-refractivity contribution in [2.24, 2.45) is 0 Å². The summed E-state index contributed by atoms with van der Waals surface area (Å²) in [6, 6.07) is 8.54. The van der Waals surface area contributed by atoms with Crippen molar-refractivity contribution >= 4 is 0 Å². The van der Waals surface area contributed by atoms with E-state index in [4.69, 9.17) is 0 Å². The second kappa shape index (κ2) is 5.03. The maximum Gasteiger partial charge on any atom is 0.0248 e.